The minimum atomic E-state index is -0.0627. The average molecular weight is 277 g/mol. The number of carbonyl (C=O) groups is 2. The van der Waals surface area contributed by atoms with Crippen LogP contribution in [0.25, 0.3) is 0 Å². The van der Waals surface area contributed by atoms with Gasteiger partial charge in [0, 0.05) is 25.7 Å². The van der Waals surface area contributed by atoms with Crippen molar-refractivity contribution in [3.63, 3.8) is 0 Å². The van der Waals surface area contributed by atoms with Crippen LogP contribution in [0.5, 0.6) is 5.75 Å². The van der Waals surface area contributed by atoms with Gasteiger partial charge in [-0.25, -0.2) is 0 Å². The highest BCUT2D eigenvalue weighted by atomic mass is 16.5. The number of methoxy groups -OCH3 is 1. The minimum Gasteiger partial charge on any atom is -0.496 e. The molecule has 1 heterocycles. The molecule has 1 aromatic rings. The van der Waals surface area contributed by atoms with Gasteiger partial charge in [0.1, 0.15) is 12.3 Å². The quantitative estimate of drug-likeness (QED) is 0.837. The van der Waals surface area contributed by atoms with Crippen LogP contribution < -0.4 is 10.5 Å². The lowest BCUT2D eigenvalue weighted by Gasteiger charge is -2.32. The second-order valence-corrected chi connectivity index (χ2v) is 4.85. The zero-order chi connectivity index (χ0) is 14.7. The molecule has 2 rings (SSSR count). The normalized spacial score (nSPS) is 15.8. The lowest BCUT2D eigenvalue weighted by atomic mass is 10.1. The molecule has 108 valence electrons. The fourth-order valence-corrected chi connectivity index (χ4v) is 2.20. The standard InChI is InChI=1S/C14H19N3O3/c1-16-8-14(19)17(9-13(16)18)7-11-5-10(6-15)3-4-12(11)20-2/h3-5H,6-9,15H2,1-2H3. The van der Waals surface area contributed by atoms with Crippen molar-refractivity contribution in [3.8, 4) is 5.75 Å². The van der Waals surface area contributed by atoms with Gasteiger partial charge in [0.05, 0.1) is 13.7 Å². The van der Waals surface area contributed by atoms with Crippen LogP contribution in [0.1, 0.15) is 11.1 Å². The molecule has 2 amide bonds. The van der Waals surface area contributed by atoms with Crippen LogP contribution in [0, 0.1) is 0 Å². The average Bonchev–Trinajstić information content (AvgIpc) is 2.44. The summed E-state index contributed by atoms with van der Waals surface area (Å²) in [6.07, 6.45) is 0. The highest BCUT2D eigenvalue weighted by Gasteiger charge is 2.27. The largest absolute Gasteiger partial charge is 0.496 e. The van der Waals surface area contributed by atoms with Gasteiger partial charge < -0.3 is 20.3 Å². The van der Waals surface area contributed by atoms with Crippen LogP contribution in [0.15, 0.2) is 18.2 Å². The van der Waals surface area contributed by atoms with Crippen molar-refractivity contribution in [1.82, 2.24) is 9.80 Å². The third-order valence-corrected chi connectivity index (χ3v) is 3.42. The molecule has 20 heavy (non-hydrogen) atoms. The Balaban J connectivity index is 2.20. The Morgan fingerprint density at radius 2 is 2.00 bits per heavy atom. The summed E-state index contributed by atoms with van der Waals surface area (Å²) in [5.74, 6) is 0.576. The van der Waals surface area contributed by atoms with Crippen LogP contribution in [-0.4, -0.2) is 48.9 Å². The smallest absolute Gasteiger partial charge is 0.242 e. The van der Waals surface area contributed by atoms with E-state index >= 15 is 0 Å². The van der Waals surface area contributed by atoms with Gasteiger partial charge in [-0.2, -0.15) is 0 Å². The maximum absolute atomic E-state index is 12.0. The molecule has 0 saturated carbocycles. The molecule has 0 atom stereocenters. The molecule has 2 N–H and O–H groups in total. The maximum Gasteiger partial charge on any atom is 0.242 e. The topological polar surface area (TPSA) is 75.9 Å². The molecular formula is C14H19N3O3. The number of likely N-dealkylation sites (N-methyl/N-ethyl adjacent to an activating group) is 1. The molecule has 0 radical (unpaired) electrons. The van der Waals surface area contributed by atoms with Crippen LogP contribution in [0.3, 0.4) is 0 Å². The zero-order valence-electron chi connectivity index (χ0n) is 11.8. The number of carbonyl (C=O) groups excluding carboxylic acids is 2. The Morgan fingerprint density at radius 3 is 2.65 bits per heavy atom. The minimum absolute atomic E-state index is 0.0569. The molecule has 6 heteroatoms. The van der Waals surface area contributed by atoms with Gasteiger partial charge in [0.25, 0.3) is 0 Å². The summed E-state index contributed by atoms with van der Waals surface area (Å²) in [4.78, 5) is 26.7. The number of ether oxygens (including phenoxy) is 1. The van der Waals surface area contributed by atoms with Crippen molar-refractivity contribution < 1.29 is 14.3 Å². The zero-order valence-corrected chi connectivity index (χ0v) is 11.8. The van der Waals surface area contributed by atoms with Gasteiger partial charge in [0.2, 0.25) is 11.8 Å². The Kier molecular flexibility index (Phi) is 4.24. The summed E-state index contributed by atoms with van der Waals surface area (Å²) in [7, 11) is 3.21. The van der Waals surface area contributed by atoms with E-state index < -0.39 is 0 Å². The maximum atomic E-state index is 12.0. The van der Waals surface area contributed by atoms with Crippen LogP contribution >= 0.6 is 0 Å². The Hall–Kier alpha value is -2.08. The summed E-state index contributed by atoms with van der Waals surface area (Å²) in [5.41, 5.74) is 7.46. The highest BCUT2D eigenvalue weighted by molar-refractivity contribution is 5.92. The van der Waals surface area contributed by atoms with Crippen molar-refractivity contribution in [2.24, 2.45) is 5.73 Å². The lowest BCUT2D eigenvalue weighted by Crippen LogP contribution is -2.51. The first-order valence-electron chi connectivity index (χ1n) is 6.42. The number of nitrogens with zero attached hydrogens (tertiary/aromatic N) is 2. The molecule has 0 bridgehead atoms. The summed E-state index contributed by atoms with van der Waals surface area (Å²) >= 11 is 0. The van der Waals surface area contributed by atoms with Crippen molar-refractivity contribution in [2.45, 2.75) is 13.1 Å². The van der Waals surface area contributed by atoms with Crippen molar-refractivity contribution in [2.75, 3.05) is 27.2 Å². The number of amides is 2. The first-order valence-corrected chi connectivity index (χ1v) is 6.42. The Bertz CT molecular complexity index is 530. The van der Waals surface area contributed by atoms with E-state index in [2.05, 4.69) is 0 Å². The van der Waals surface area contributed by atoms with Crippen molar-refractivity contribution >= 4 is 11.8 Å². The molecule has 1 saturated heterocycles. The van der Waals surface area contributed by atoms with Crippen molar-refractivity contribution in [3.05, 3.63) is 29.3 Å². The van der Waals surface area contributed by atoms with Gasteiger partial charge in [0.15, 0.2) is 0 Å². The third kappa shape index (κ3) is 2.91. The molecule has 1 fully saturated rings. The molecule has 6 nitrogen and oxygen atoms in total. The summed E-state index contributed by atoms with van der Waals surface area (Å²) in [5, 5.41) is 0. The van der Waals surface area contributed by atoms with E-state index in [9.17, 15) is 9.59 Å². The number of nitrogens with two attached hydrogens (primary N) is 1. The molecule has 0 unspecified atom stereocenters. The predicted octanol–water partition coefficient (Wildman–Crippen LogP) is -0.0455. The van der Waals surface area contributed by atoms with Crippen LogP contribution in [-0.2, 0) is 22.7 Å². The first kappa shape index (κ1) is 14.3. The van der Waals surface area contributed by atoms with E-state index in [1.165, 1.54) is 4.90 Å². The predicted molar refractivity (Wildman–Crippen MR) is 73.9 cm³/mol. The second-order valence-electron chi connectivity index (χ2n) is 4.85. The van der Waals surface area contributed by atoms with Crippen LogP contribution in [0.2, 0.25) is 0 Å². The fourth-order valence-electron chi connectivity index (χ4n) is 2.20. The summed E-state index contributed by atoms with van der Waals surface area (Å²) in [6.45, 7) is 1.01. The molecule has 1 aliphatic heterocycles. The number of hydrogen-bond acceptors (Lipinski definition) is 4. The van der Waals surface area contributed by atoms with E-state index in [0.717, 1.165) is 11.1 Å². The summed E-state index contributed by atoms with van der Waals surface area (Å²) in [6, 6.07) is 5.63. The molecule has 0 spiro atoms. The van der Waals surface area contributed by atoms with Crippen LogP contribution in [0.4, 0.5) is 0 Å². The fraction of sp³-hybridized carbons (Fsp3) is 0.429. The monoisotopic (exact) mass is 277 g/mol. The second kappa shape index (κ2) is 5.92. The molecule has 1 aliphatic rings. The van der Waals surface area contributed by atoms with Crippen molar-refractivity contribution in [1.29, 1.82) is 0 Å². The number of piperazine rings is 1. The summed E-state index contributed by atoms with van der Waals surface area (Å²) < 4.78 is 5.30. The SMILES string of the molecule is COc1ccc(CN)cc1CN1CC(=O)N(C)CC1=O. The van der Waals surface area contributed by atoms with Gasteiger partial charge >= 0.3 is 0 Å². The van der Waals surface area contributed by atoms with E-state index in [1.807, 2.05) is 18.2 Å². The molecule has 1 aromatic carbocycles. The van der Waals surface area contributed by atoms with Gasteiger partial charge in [-0.05, 0) is 17.7 Å². The Morgan fingerprint density at radius 1 is 1.25 bits per heavy atom. The molecular weight excluding hydrogens is 258 g/mol. The van der Waals surface area contributed by atoms with E-state index in [4.69, 9.17) is 10.5 Å². The Labute approximate surface area is 118 Å². The van der Waals surface area contributed by atoms with Gasteiger partial charge in [-0.1, -0.05) is 6.07 Å². The van der Waals surface area contributed by atoms with Gasteiger partial charge in [-0.15, -0.1) is 0 Å². The number of rotatable bonds is 4. The third-order valence-electron chi connectivity index (χ3n) is 3.42. The number of benzene rings is 1. The van der Waals surface area contributed by atoms with E-state index in [-0.39, 0.29) is 24.9 Å². The van der Waals surface area contributed by atoms with E-state index in [1.54, 1.807) is 19.1 Å². The van der Waals surface area contributed by atoms with Gasteiger partial charge in [-0.3, -0.25) is 9.59 Å². The highest BCUT2D eigenvalue weighted by Crippen LogP contribution is 2.22. The lowest BCUT2D eigenvalue weighted by molar-refractivity contribution is -0.149. The first-order chi connectivity index (χ1) is 9.55. The number of hydrogen-bond donors (Lipinski definition) is 1. The van der Waals surface area contributed by atoms with E-state index in [0.29, 0.717) is 18.8 Å². The molecule has 0 aliphatic carbocycles. The molecule has 0 aromatic heterocycles.